The quantitative estimate of drug-likeness (QED) is 0.299. The highest BCUT2D eigenvalue weighted by atomic mass is 32.2. The number of carboxylic acid groups (broad SMARTS) is 1. The molecule has 0 aromatic heterocycles. The molecule has 0 spiro atoms. The van der Waals surface area contributed by atoms with E-state index in [1.165, 1.54) is 19.3 Å². The fraction of sp³-hybridized carbons (Fsp3) is 0.850. The third kappa shape index (κ3) is 4.96. The molecule has 3 aliphatic heterocycles. The molecule has 1 unspecified atom stereocenters. The zero-order chi connectivity index (χ0) is 18.5. The van der Waals surface area contributed by atoms with Gasteiger partial charge in [-0.05, 0) is 31.6 Å². The zero-order valence-electron chi connectivity index (χ0n) is 15.7. The largest absolute Gasteiger partial charge is 0.481 e. The number of carboxylic acids is 1. The Morgan fingerprint density at radius 1 is 1.00 bits per heavy atom. The van der Waals surface area contributed by atoms with Gasteiger partial charge in [-0.1, -0.05) is 38.3 Å². The van der Waals surface area contributed by atoms with Gasteiger partial charge in [-0.3, -0.25) is 9.00 Å². The maximum absolute atomic E-state index is 12.5. The summed E-state index contributed by atoms with van der Waals surface area (Å²) in [4.78, 5) is 10.5. The van der Waals surface area contributed by atoms with Crippen LogP contribution in [0.15, 0.2) is 12.2 Å². The van der Waals surface area contributed by atoms with Gasteiger partial charge in [0.25, 0.3) is 0 Å². The van der Waals surface area contributed by atoms with Gasteiger partial charge in [0.05, 0.1) is 12.2 Å². The topological polar surface area (TPSA) is 76.1 Å². The summed E-state index contributed by atoms with van der Waals surface area (Å²) >= 11 is 0. The number of fused-ring (bicyclic) bond motifs is 5. The van der Waals surface area contributed by atoms with Crippen molar-refractivity contribution < 1.29 is 23.6 Å². The predicted molar refractivity (Wildman–Crippen MR) is 102 cm³/mol. The van der Waals surface area contributed by atoms with Crippen molar-refractivity contribution in [1.29, 1.82) is 0 Å². The van der Waals surface area contributed by atoms with Gasteiger partial charge in [-0.2, -0.15) is 0 Å². The van der Waals surface area contributed by atoms with E-state index in [1.54, 1.807) is 0 Å². The van der Waals surface area contributed by atoms with Crippen molar-refractivity contribution in [1.82, 2.24) is 0 Å². The van der Waals surface area contributed by atoms with Gasteiger partial charge in [0.1, 0.15) is 12.2 Å². The second-order valence-corrected chi connectivity index (χ2v) is 9.44. The molecule has 0 radical (unpaired) electrons. The van der Waals surface area contributed by atoms with Gasteiger partial charge >= 0.3 is 5.97 Å². The molecule has 0 aromatic carbocycles. The lowest BCUT2D eigenvalue weighted by Crippen LogP contribution is -2.36. The Morgan fingerprint density at radius 2 is 1.73 bits per heavy atom. The van der Waals surface area contributed by atoms with Gasteiger partial charge in [-0.15, -0.1) is 0 Å². The van der Waals surface area contributed by atoms with Crippen LogP contribution in [0.2, 0.25) is 0 Å². The minimum absolute atomic E-state index is 0.134. The Morgan fingerprint density at radius 3 is 2.46 bits per heavy atom. The van der Waals surface area contributed by atoms with Crippen LogP contribution < -0.4 is 0 Å². The lowest BCUT2D eigenvalue weighted by atomic mass is 9.78. The van der Waals surface area contributed by atoms with Crippen molar-refractivity contribution >= 4 is 16.8 Å². The number of carbonyl (C=O) groups is 1. The average Bonchev–Trinajstić information content (AvgIpc) is 3.24. The van der Waals surface area contributed by atoms with Crippen LogP contribution in [0.4, 0.5) is 0 Å². The summed E-state index contributed by atoms with van der Waals surface area (Å²) in [5.41, 5.74) is 0. The fourth-order valence-electron chi connectivity index (χ4n) is 4.44. The highest BCUT2D eigenvalue weighted by Gasteiger charge is 2.68. The van der Waals surface area contributed by atoms with Gasteiger partial charge in [-0.25, -0.2) is 0 Å². The Labute approximate surface area is 159 Å². The molecule has 26 heavy (non-hydrogen) atoms. The van der Waals surface area contributed by atoms with Gasteiger partial charge in [0.15, 0.2) is 0 Å². The number of hydrogen-bond acceptors (Lipinski definition) is 4. The summed E-state index contributed by atoms with van der Waals surface area (Å²) in [6, 6.07) is 0. The molecule has 2 bridgehead atoms. The Bertz CT molecular complexity index is 534. The standard InChI is InChI=1S/C20H32O5S/c1-2-3-4-9-12-26(23)13-15-14(10-7-5-6-8-11-16(21)22)17-19-20(25-19)18(15)24-17/h5,7,14-15,17-20H,2-4,6,8-13H2,1H3,(H,21,22)/b7-5-/t14-,15+,17+,18-,19-,20+,26?/m1/s1. The lowest BCUT2D eigenvalue weighted by Gasteiger charge is -2.24. The predicted octanol–water partition coefficient (Wildman–Crippen LogP) is 3.30. The van der Waals surface area contributed by atoms with Crippen LogP contribution in [0.3, 0.4) is 0 Å². The van der Waals surface area contributed by atoms with E-state index in [4.69, 9.17) is 14.6 Å². The molecule has 0 aliphatic carbocycles. The summed E-state index contributed by atoms with van der Waals surface area (Å²) in [7, 11) is -0.773. The molecular formula is C20H32O5S. The maximum Gasteiger partial charge on any atom is 0.303 e. The normalized spacial score (nSPS) is 35.7. The van der Waals surface area contributed by atoms with E-state index in [2.05, 4.69) is 19.1 Å². The van der Waals surface area contributed by atoms with E-state index >= 15 is 0 Å². The molecule has 3 fully saturated rings. The van der Waals surface area contributed by atoms with Crippen LogP contribution in [-0.2, 0) is 25.1 Å². The van der Waals surface area contributed by atoms with E-state index in [0.717, 1.165) is 30.8 Å². The summed E-state index contributed by atoms with van der Waals surface area (Å²) < 4.78 is 24.4. The number of unbranched alkanes of at least 4 members (excludes halogenated alkanes) is 4. The summed E-state index contributed by atoms with van der Waals surface area (Å²) in [5.74, 6) is 1.52. The van der Waals surface area contributed by atoms with Crippen LogP contribution in [0.5, 0.6) is 0 Å². The Kier molecular flexibility index (Phi) is 7.29. The van der Waals surface area contributed by atoms with Gasteiger partial charge in [0, 0.05) is 34.6 Å². The van der Waals surface area contributed by atoms with Crippen molar-refractivity contribution in [2.45, 2.75) is 82.7 Å². The SMILES string of the molecule is CCCCCCS(=O)C[C@H]1[C@@H](C/C=C\CCCC(=O)O)[C@@H]2O[C@H]1[C@@H]1O[C@@H]12. The number of hydrogen-bond donors (Lipinski definition) is 1. The first-order valence-electron chi connectivity index (χ1n) is 10.1. The van der Waals surface area contributed by atoms with Crippen molar-refractivity contribution in [3.63, 3.8) is 0 Å². The molecule has 0 saturated carbocycles. The van der Waals surface area contributed by atoms with Gasteiger partial charge in [0.2, 0.25) is 0 Å². The molecule has 3 heterocycles. The highest BCUT2D eigenvalue weighted by Crippen LogP contribution is 2.55. The van der Waals surface area contributed by atoms with Crippen LogP contribution in [0.25, 0.3) is 0 Å². The molecule has 0 amide bonds. The van der Waals surface area contributed by atoms with Crippen molar-refractivity contribution in [2.75, 3.05) is 11.5 Å². The molecule has 7 atom stereocenters. The first kappa shape index (κ1) is 20.0. The minimum atomic E-state index is -0.773. The molecule has 5 nitrogen and oxygen atoms in total. The van der Waals surface area contributed by atoms with E-state index in [0.29, 0.717) is 18.3 Å². The molecule has 3 saturated heterocycles. The minimum Gasteiger partial charge on any atom is -0.481 e. The number of allylic oxidation sites excluding steroid dienone is 2. The Balaban J connectivity index is 1.45. The van der Waals surface area contributed by atoms with E-state index in [-0.39, 0.29) is 30.8 Å². The van der Waals surface area contributed by atoms with Crippen molar-refractivity contribution in [3.8, 4) is 0 Å². The van der Waals surface area contributed by atoms with Crippen molar-refractivity contribution in [3.05, 3.63) is 12.2 Å². The van der Waals surface area contributed by atoms with Crippen LogP contribution >= 0.6 is 0 Å². The van der Waals surface area contributed by atoms with Crippen molar-refractivity contribution in [2.24, 2.45) is 11.8 Å². The van der Waals surface area contributed by atoms with E-state index in [9.17, 15) is 9.00 Å². The molecule has 6 heteroatoms. The van der Waals surface area contributed by atoms with E-state index in [1.807, 2.05) is 0 Å². The Hall–Kier alpha value is -0.720. The van der Waals surface area contributed by atoms with Crippen LogP contribution in [-0.4, -0.2) is 51.2 Å². The average molecular weight is 385 g/mol. The summed E-state index contributed by atoms with van der Waals surface area (Å²) in [6.45, 7) is 2.19. The second-order valence-electron chi connectivity index (χ2n) is 7.82. The van der Waals surface area contributed by atoms with Crippen LogP contribution in [0.1, 0.15) is 58.3 Å². The molecule has 0 aromatic rings. The third-order valence-corrected chi connectivity index (χ3v) is 7.36. The van der Waals surface area contributed by atoms with Gasteiger partial charge < -0.3 is 14.6 Å². The lowest BCUT2D eigenvalue weighted by molar-refractivity contribution is -0.137. The molecule has 3 rings (SSSR count). The smallest absolute Gasteiger partial charge is 0.303 e. The first-order valence-corrected chi connectivity index (χ1v) is 11.6. The number of epoxide rings is 1. The maximum atomic E-state index is 12.5. The molecule has 1 N–H and O–H groups in total. The summed E-state index contributed by atoms with van der Waals surface area (Å²) in [6.07, 6.45) is 12.3. The number of rotatable bonds is 13. The number of ether oxygens (including phenoxy) is 2. The monoisotopic (exact) mass is 384 g/mol. The van der Waals surface area contributed by atoms with Crippen LogP contribution in [0, 0.1) is 11.8 Å². The highest BCUT2D eigenvalue weighted by molar-refractivity contribution is 7.84. The van der Waals surface area contributed by atoms with E-state index < -0.39 is 16.8 Å². The third-order valence-electron chi connectivity index (χ3n) is 5.86. The first-order chi connectivity index (χ1) is 12.6. The summed E-state index contributed by atoms with van der Waals surface area (Å²) in [5, 5.41) is 8.67. The molecular weight excluding hydrogens is 352 g/mol. The molecule has 3 aliphatic rings. The zero-order valence-corrected chi connectivity index (χ0v) is 16.5. The fourth-order valence-corrected chi connectivity index (χ4v) is 5.99. The second kappa shape index (κ2) is 9.47. The molecule has 148 valence electrons. The number of aliphatic carboxylic acids is 1.